The van der Waals surface area contributed by atoms with Crippen molar-refractivity contribution in [3.05, 3.63) is 30.3 Å². The molecule has 0 radical (unpaired) electrons. The second kappa shape index (κ2) is 16.2. The van der Waals surface area contributed by atoms with Crippen LogP contribution in [0.1, 0.15) is 93.4 Å². The Morgan fingerprint density at radius 3 is 2.17 bits per heavy atom. The molecule has 6 atom stereocenters. The van der Waals surface area contributed by atoms with Gasteiger partial charge in [0, 0.05) is 11.4 Å². The van der Waals surface area contributed by atoms with Crippen LogP contribution in [0.2, 0.25) is 0 Å². The van der Waals surface area contributed by atoms with Crippen molar-refractivity contribution >= 4 is 40.3 Å². The molecule has 1 aromatic carbocycles. The molecule has 0 bridgehead atoms. The van der Waals surface area contributed by atoms with E-state index in [-0.39, 0.29) is 29.9 Å². The predicted molar refractivity (Wildman–Crippen MR) is 182 cm³/mol. The number of nitrogens with zero attached hydrogens (tertiary/aromatic N) is 1. The Balaban J connectivity index is 1.83. The number of nitrogens with two attached hydrogens (primary N) is 1. The van der Waals surface area contributed by atoms with E-state index in [1.807, 2.05) is 78.8 Å². The van der Waals surface area contributed by atoms with E-state index in [0.29, 0.717) is 30.7 Å². The molecule has 2 aliphatic rings. The monoisotopic (exact) mass is 673 g/mol. The van der Waals surface area contributed by atoms with Gasteiger partial charge in [-0.05, 0) is 61.0 Å². The van der Waals surface area contributed by atoms with Crippen molar-refractivity contribution in [2.75, 3.05) is 12.3 Å². The molecule has 1 aromatic rings. The summed E-state index contributed by atoms with van der Waals surface area (Å²) < 4.78 is 13.3. The van der Waals surface area contributed by atoms with Gasteiger partial charge in [-0.3, -0.25) is 23.4 Å². The molecule has 12 heteroatoms. The van der Waals surface area contributed by atoms with Crippen LogP contribution in [-0.2, 0) is 30.0 Å². The third-order valence-electron chi connectivity index (χ3n) is 9.80. The van der Waals surface area contributed by atoms with Crippen LogP contribution in [0.3, 0.4) is 0 Å². The van der Waals surface area contributed by atoms with E-state index < -0.39 is 69.4 Å². The molecule has 1 aliphatic heterocycles. The number of likely N-dealkylation sites (tertiary alicyclic amines) is 1. The number of hydrogen-bond acceptors (Lipinski definition) is 6. The molecule has 2 fully saturated rings. The van der Waals surface area contributed by atoms with E-state index in [1.165, 1.54) is 4.90 Å². The van der Waals surface area contributed by atoms with Gasteiger partial charge in [0.15, 0.2) is 0 Å². The lowest BCUT2D eigenvalue weighted by Crippen LogP contribution is -2.63. The largest absolute Gasteiger partial charge is 0.363 e. The van der Waals surface area contributed by atoms with Crippen molar-refractivity contribution in [3.63, 3.8) is 0 Å². The Labute approximate surface area is 282 Å². The Morgan fingerprint density at radius 2 is 1.64 bits per heavy atom. The predicted octanol–water partition coefficient (Wildman–Crippen LogP) is 3.67. The van der Waals surface area contributed by atoms with Gasteiger partial charge in [-0.2, -0.15) is 0 Å². The maximum Gasteiger partial charge on any atom is 0.315 e. The van der Waals surface area contributed by atoms with E-state index in [0.717, 1.165) is 19.3 Å². The number of carbonyl (C=O) groups excluding carboxylic acids is 5. The quantitative estimate of drug-likeness (QED) is 0.220. The van der Waals surface area contributed by atoms with Gasteiger partial charge >= 0.3 is 6.03 Å². The SMILES string of the molecule is CCC(C)CC(NC(=O)[C@@H]1C(C(C)C)CCN1C(=O)C(NC(=O)NC1(CS(=O)c2ccccc2)CCCC1)C(C)(C)C)C(=O)C(N)=O. The summed E-state index contributed by atoms with van der Waals surface area (Å²) >= 11 is 0. The first kappa shape index (κ1) is 38.2. The Bertz CT molecular complexity index is 1310. The molecule has 1 aliphatic carbocycles. The average molecular weight is 674 g/mol. The summed E-state index contributed by atoms with van der Waals surface area (Å²) in [7, 11) is -1.32. The van der Waals surface area contributed by atoms with Crippen LogP contribution in [0.4, 0.5) is 4.79 Å². The van der Waals surface area contributed by atoms with Gasteiger partial charge in [0.25, 0.3) is 5.91 Å². The maximum absolute atomic E-state index is 14.4. The zero-order valence-corrected chi connectivity index (χ0v) is 29.9. The Hall–Kier alpha value is -3.28. The number of carbonyl (C=O) groups is 5. The fourth-order valence-electron chi connectivity index (χ4n) is 6.81. The second-order valence-electron chi connectivity index (χ2n) is 14.9. The first-order valence-electron chi connectivity index (χ1n) is 17.0. The fourth-order valence-corrected chi connectivity index (χ4v) is 8.30. The van der Waals surface area contributed by atoms with Crippen LogP contribution >= 0.6 is 0 Å². The summed E-state index contributed by atoms with van der Waals surface area (Å²) in [5, 5.41) is 8.79. The van der Waals surface area contributed by atoms with Crippen LogP contribution in [-0.4, -0.2) is 74.6 Å². The number of rotatable bonds is 14. The number of primary amides is 1. The van der Waals surface area contributed by atoms with Gasteiger partial charge in [0.1, 0.15) is 12.1 Å². The van der Waals surface area contributed by atoms with Crippen LogP contribution < -0.4 is 21.7 Å². The fraction of sp³-hybridized carbons (Fsp3) is 0.686. The second-order valence-corrected chi connectivity index (χ2v) is 16.4. The molecule has 11 nitrogen and oxygen atoms in total. The topological polar surface area (TPSA) is 168 Å². The summed E-state index contributed by atoms with van der Waals surface area (Å²) in [6, 6.07) is 5.68. The van der Waals surface area contributed by atoms with Gasteiger partial charge in [0.2, 0.25) is 17.6 Å². The molecule has 5 amide bonds. The summed E-state index contributed by atoms with van der Waals surface area (Å²) in [5.41, 5.74) is 3.93. The minimum Gasteiger partial charge on any atom is -0.363 e. The highest BCUT2D eigenvalue weighted by Crippen LogP contribution is 2.35. The van der Waals surface area contributed by atoms with Crippen LogP contribution in [0.25, 0.3) is 0 Å². The average Bonchev–Trinajstić information content (AvgIpc) is 3.66. The molecule has 1 saturated heterocycles. The number of hydrogen-bond donors (Lipinski definition) is 4. The molecule has 0 spiro atoms. The van der Waals surface area contributed by atoms with Gasteiger partial charge in [-0.1, -0.05) is 85.9 Å². The summed E-state index contributed by atoms with van der Waals surface area (Å²) in [6.07, 6.45) is 4.71. The van der Waals surface area contributed by atoms with E-state index in [4.69, 9.17) is 5.73 Å². The van der Waals surface area contributed by atoms with Crippen LogP contribution in [0.15, 0.2) is 35.2 Å². The standard InChI is InChI=1S/C35H55N5O6S/c1-8-23(4)20-26(28(41)30(36)42)37-31(43)27-25(22(2)3)16-19-40(27)32(44)29(34(5,6)7)38-33(45)39-35(17-12-13-18-35)21-47(46)24-14-10-9-11-15-24/h9-11,14-15,22-23,25-27,29H,8,12-13,16-21H2,1-7H3,(H2,36,42)(H,37,43)(H2,38,39,45)/t23?,25?,26?,27-,29?,47?/m0/s1. The normalized spacial score (nSPS) is 21.8. The van der Waals surface area contributed by atoms with Gasteiger partial charge in [0.05, 0.1) is 28.1 Å². The molecule has 3 rings (SSSR count). The highest BCUT2D eigenvalue weighted by molar-refractivity contribution is 7.85. The number of ketones is 1. The molecular weight excluding hydrogens is 618 g/mol. The number of amides is 5. The molecule has 5 N–H and O–H groups in total. The molecule has 1 saturated carbocycles. The minimum absolute atomic E-state index is 0.0421. The van der Waals surface area contributed by atoms with Crippen LogP contribution in [0.5, 0.6) is 0 Å². The van der Waals surface area contributed by atoms with Gasteiger partial charge in [-0.25, -0.2) is 4.79 Å². The maximum atomic E-state index is 14.4. The zero-order chi connectivity index (χ0) is 35.1. The molecule has 47 heavy (non-hydrogen) atoms. The lowest BCUT2D eigenvalue weighted by molar-refractivity contribution is -0.144. The summed E-state index contributed by atoms with van der Waals surface area (Å²) in [4.78, 5) is 68.7. The number of urea groups is 1. The van der Waals surface area contributed by atoms with E-state index >= 15 is 0 Å². The lowest BCUT2D eigenvalue weighted by Gasteiger charge is -2.38. The van der Waals surface area contributed by atoms with E-state index in [1.54, 1.807) is 0 Å². The first-order chi connectivity index (χ1) is 22.0. The molecule has 5 unspecified atom stereocenters. The van der Waals surface area contributed by atoms with E-state index in [2.05, 4.69) is 16.0 Å². The van der Waals surface area contributed by atoms with Crippen molar-refractivity contribution in [3.8, 4) is 0 Å². The van der Waals surface area contributed by atoms with E-state index in [9.17, 15) is 28.2 Å². The zero-order valence-electron chi connectivity index (χ0n) is 29.1. The van der Waals surface area contributed by atoms with Crippen molar-refractivity contribution in [1.82, 2.24) is 20.9 Å². The summed E-state index contributed by atoms with van der Waals surface area (Å²) in [5.74, 6) is -2.73. The Morgan fingerprint density at radius 1 is 1.02 bits per heavy atom. The molecule has 262 valence electrons. The molecule has 0 aromatic heterocycles. The van der Waals surface area contributed by atoms with Gasteiger partial charge < -0.3 is 26.6 Å². The van der Waals surface area contributed by atoms with Crippen molar-refractivity contribution in [2.24, 2.45) is 28.9 Å². The van der Waals surface area contributed by atoms with Gasteiger partial charge in [-0.15, -0.1) is 0 Å². The third-order valence-corrected chi connectivity index (χ3v) is 11.4. The number of nitrogens with one attached hydrogen (secondary N) is 3. The number of benzene rings is 1. The summed E-state index contributed by atoms with van der Waals surface area (Å²) in [6.45, 7) is 13.7. The smallest absolute Gasteiger partial charge is 0.315 e. The van der Waals surface area contributed by atoms with Crippen molar-refractivity contribution in [2.45, 2.75) is 122 Å². The van der Waals surface area contributed by atoms with Crippen molar-refractivity contribution in [1.29, 1.82) is 0 Å². The highest BCUT2D eigenvalue weighted by atomic mass is 32.2. The number of Topliss-reactive ketones (excluding diaryl/α,β-unsaturated/α-hetero) is 1. The van der Waals surface area contributed by atoms with Crippen molar-refractivity contribution < 1.29 is 28.2 Å². The molecule has 1 heterocycles. The highest BCUT2D eigenvalue weighted by Gasteiger charge is 2.48. The van der Waals surface area contributed by atoms with Crippen LogP contribution in [0, 0.1) is 23.2 Å². The Kier molecular flexibility index (Phi) is 13.2. The minimum atomic E-state index is -1.32. The lowest BCUT2D eigenvalue weighted by atomic mass is 9.84. The first-order valence-corrected chi connectivity index (χ1v) is 18.3. The third kappa shape index (κ3) is 9.87. The molecular formula is C35H55N5O6S.